The number of aryl methyl sites for hydroxylation is 1. The molecule has 0 saturated carbocycles. The molecule has 10 heteroatoms. The van der Waals surface area contributed by atoms with Crippen LogP contribution < -0.4 is 10.5 Å². The smallest absolute Gasteiger partial charge is 0.269 e. The number of non-ortho nitro benzene ring substituents is 1. The molecular weight excluding hydrogens is 406 g/mol. The average molecular weight is 432 g/mol. The third kappa shape index (κ3) is 5.38. The van der Waals surface area contributed by atoms with Crippen molar-refractivity contribution in [1.29, 1.82) is 0 Å². The topological polar surface area (TPSA) is 102 Å². The molecule has 1 aliphatic heterocycles. The summed E-state index contributed by atoms with van der Waals surface area (Å²) in [4.78, 5) is 43.0. The molecule has 2 heterocycles. The zero-order chi connectivity index (χ0) is 21.7. The maximum atomic E-state index is 12.5. The fraction of sp³-hybridized carbons (Fsp3) is 0.450. The van der Waals surface area contributed by atoms with Crippen molar-refractivity contribution in [3.8, 4) is 0 Å². The zero-order valence-corrected chi connectivity index (χ0v) is 17.9. The van der Waals surface area contributed by atoms with Crippen molar-refractivity contribution in [2.24, 2.45) is 7.05 Å². The predicted octanol–water partition coefficient (Wildman–Crippen LogP) is 2.22. The Balaban J connectivity index is 1.42. The molecule has 0 radical (unpaired) electrons. The molecule has 1 aromatic heterocycles. The van der Waals surface area contributed by atoms with Gasteiger partial charge in [0.05, 0.1) is 4.92 Å². The molecule has 0 unspecified atom stereocenters. The lowest BCUT2D eigenvalue weighted by molar-refractivity contribution is -0.384. The van der Waals surface area contributed by atoms with Gasteiger partial charge in [-0.05, 0) is 25.5 Å². The molecule has 0 aliphatic carbocycles. The number of piperazine rings is 1. The van der Waals surface area contributed by atoms with Crippen molar-refractivity contribution in [1.82, 2.24) is 14.5 Å². The highest BCUT2D eigenvalue weighted by Crippen LogP contribution is 2.21. The third-order valence-corrected chi connectivity index (χ3v) is 6.16. The lowest BCUT2D eigenvalue weighted by atomic mass is 10.2. The summed E-state index contributed by atoms with van der Waals surface area (Å²) in [5.41, 5.74) is 1.63. The molecule has 1 aliphatic rings. The predicted molar refractivity (Wildman–Crippen MR) is 116 cm³/mol. The zero-order valence-electron chi connectivity index (χ0n) is 17.1. The summed E-state index contributed by atoms with van der Waals surface area (Å²) in [6, 6.07) is 8.01. The first-order valence-corrected chi connectivity index (χ1v) is 10.8. The van der Waals surface area contributed by atoms with Gasteiger partial charge in [-0.3, -0.25) is 24.3 Å². The van der Waals surface area contributed by atoms with Gasteiger partial charge in [0.15, 0.2) is 5.16 Å². The normalized spacial score (nSPS) is 14.1. The second-order valence-corrected chi connectivity index (χ2v) is 8.23. The van der Waals surface area contributed by atoms with Crippen LogP contribution in [0.4, 0.5) is 11.4 Å². The minimum absolute atomic E-state index is 0.0753. The number of anilines is 1. The minimum Gasteiger partial charge on any atom is -0.368 e. The molecule has 160 valence electrons. The van der Waals surface area contributed by atoms with Crippen molar-refractivity contribution in [3.63, 3.8) is 0 Å². The van der Waals surface area contributed by atoms with Crippen molar-refractivity contribution < 1.29 is 9.72 Å². The van der Waals surface area contributed by atoms with E-state index in [1.54, 1.807) is 26.1 Å². The van der Waals surface area contributed by atoms with Crippen molar-refractivity contribution >= 4 is 29.0 Å². The van der Waals surface area contributed by atoms with Gasteiger partial charge in [0.2, 0.25) is 5.91 Å². The van der Waals surface area contributed by atoms with Crippen LogP contribution in [0.15, 0.2) is 40.3 Å². The molecule has 1 saturated heterocycles. The van der Waals surface area contributed by atoms with E-state index in [0.29, 0.717) is 43.5 Å². The SMILES string of the molecule is Cc1cc(=O)n(C)c(SCCCC(=O)N2CCN(c3ccc([N+](=O)[O-])cc3)CC2)n1. The molecule has 30 heavy (non-hydrogen) atoms. The molecule has 2 aromatic rings. The van der Waals surface area contributed by atoms with Crippen LogP contribution >= 0.6 is 11.8 Å². The van der Waals surface area contributed by atoms with Gasteiger partial charge in [-0.1, -0.05) is 11.8 Å². The Hall–Kier alpha value is -2.88. The van der Waals surface area contributed by atoms with E-state index in [2.05, 4.69) is 9.88 Å². The summed E-state index contributed by atoms with van der Waals surface area (Å²) in [6.07, 6.45) is 1.18. The summed E-state index contributed by atoms with van der Waals surface area (Å²) in [5, 5.41) is 11.4. The number of hydrogen-bond acceptors (Lipinski definition) is 7. The van der Waals surface area contributed by atoms with Gasteiger partial charge in [0, 0.05) is 75.0 Å². The van der Waals surface area contributed by atoms with E-state index in [0.717, 1.165) is 17.9 Å². The van der Waals surface area contributed by atoms with Crippen molar-refractivity contribution in [2.45, 2.75) is 24.9 Å². The van der Waals surface area contributed by atoms with Crippen LogP contribution in [0.1, 0.15) is 18.5 Å². The number of amides is 1. The second kappa shape index (κ2) is 9.75. The fourth-order valence-corrected chi connectivity index (χ4v) is 4.26. The molecule has 1 aromatic carbocycles. The highest BCUT2D eigenvalue weighted by molar-refractivity contribution is 7.99. The molecule has 0 spiro atoms. The monoisotopic (exact) mass is 431 g/mol. The number of carbonyl (C=O) groups excluding carboxylic acids is 1. The lowest BCUT2D eigenvalue weighted by Crippen LogP contribution is -2.48. The van der Waals surface area contributed by atoms with Gasteiger partial charge in [0.25, 0.3) is 11.2 Å². The molecule has 3 rings (SSSR count). The Morgan fingerprint density at radius 2 is 1.87 bits per heavy atom. The highest BCUT2D eigenvalue weighted by atomic mass is 32.2. The molecular formula is C20H25N5O4S. The molecule has 9 nitrogen and oxygen atoms in total. The number of rotatable bonds is 7. The lowest BCUT2D eigenvalue weighted by Gasteiger charge is -2.36. The molecule has 1 amide bonds. The largest absolute Gasteiger partial charge is 0.368 e. The number of carbonyl (C=O) groups is 1. The third-order valence-electron chi connectivity index (χ3n) is 5.05. The number of nitro benzene ring substituents is 1. The Labute approximate surface area is 178 Å². The van der Waals surface area contributed by atoms with Gasteiger partial charge < -0.3 is 9.80 Å². The molecule has 0 atom stereocenters. The highest BCUT2D eigenvalue weighted by Gasteiger charge is 2.21. The van der Waals surface area contributed by atoms with E-state index in [1.807, 2.05) is 4.90 Å². The Morgan fingerprint density at radius 1 is 1.20 bits per heavy atom. The number of nitrogens with zero attached hydrogens (tertiary/aromatic N) is 5. The molecule has 1 fully saturated rings. The van der Waals surface area contributed by atoms with Crippen LogP contribution in [0, 0.1) is 17.0 Å². The van der Waals surface area contributed by atoms with E-state index in [9.17, 15) is 19.7 Å². The summed E-state index contributed by atoms with van der Waals surface area (Å²) < 4.78 is 1.52. The van der Waals surface area contributed by atoms with E-state index >= 15 is 0 Å². The number of thioether (sulfide) groups is 1. The maximum absolute atomic E-state index is 12.5. The van der Waals surface area contributed by atoms with Gasteiger partial charge in [-0.25, -0.2) is 4.98 Å². The van der Waals surface area contributed by atoms with Crippen molar-refractivity contribution in [2.75, 3.05) is 36.8 Å². The Kier molecular flexibility index (Phi) is 7.09. The van der Waals surface area contributed by atoms with E-state index in [-0.39, 0.29) is 17.2 Å². The quantitative estimate of drug-likeness (QED) is 0.218. The van der Waals surface area contributed by atoms with Crippen LogP contribution in [-0.2, 0) is 11.8 Å². The Morgan fingerprint density at radius 3 is 2.50 bits per heavy atom. The fourth-order valence-electron chi connectivity index (χ4n) is 3.30. The number of benzene rings is 1. The second-order valence-electron chi connectivity index (χ2n) is 7.17. The van der Waals surface area contributed by atoms with Crippen LogP contribution in [0.25, 0.3) is 0 Å². The van der Waals surface area contributed by atoms with Gasteiger partial charge in [-0.15, -0.1) is 0 Å². The summed E-state index contributed by atoms with van der Waals surface area (Å²) in [5.74, 6) is 0.850. The van der Waals surface area contributed by atoms with Gasteiger partial charge >= 0.3 is 0 Å². The molecule has 0 bridgehead atoms. The average Bonchev–Trinajstić information content (AvgIpc) is 2.74. The number of hydrogen-bond donors (Lipinski definition) is 0. The Bertz CT molecular complexity index is 968. The maximum Gasteiger partial charge on any atom is 0.269 e. The van der Waals surface area contributed by atoms with E-state index in [4.69, 9.17) is 0 Å². The summed E-state index contributed by atoms with van der Waals surface area (Å²) in [7, 11) is 1.70. The first-order valence-electron chi connectivity index (χ1n) is 9.80. The number of nitro groups is 1. The van der Waals surface area contributed by atoms with Gasteiger partial charge in [-0.2, -0.15) is 0 Å². The van der Waals surface area contributed by atoms with E-state index in [1.165, 1.54) is 34.5 Å². The minimum atomic E-state index is -0.409. The van der Waals surface area contributed by atoms with Crippen molar-refractivity contribution in [3.05, 3.63) is 56.5 Å². The first kappa shape index (κ1) is 21.8. The number of aromatic nitrogens is 2. The van der Waals surface area contributed by atoms with Gasteiger partial charge in [0.1, 0.15) is 0 Å². The van der Waals surface area contributed by atoms with Crippen LogP contribution in [-0.4, -0.2) is 57.2 Å². The summed E-state index contributed by atoms with van der Waals surface area (Å²) >= 11 is 1.49. The first-order chi connectivity index (χ1) is 14.3. The standard InChI is InChI=1S/C20H25N5O4S/c1-15-14-19(27)22(2)20(21-15)30-13-3-4-18(26)24-11-9-23(10-12-24)16-5-7-17(8-6-16)25(28)29/h5-8,14H,3-4,9-13H2,1-2H3. The van der Waals surface area contributed by atoms with E-state index < -0.39 is 4.92 Å². The summed E-state index contributed by atoms with van der Waals surface area (Å²) in [6.45, 7) is 4.47. The van der Waals surface area contributed by atoms with Crippen LogP contribution in [0.5, 0.6) is 0 Å². The molecule has 0 N–H and O–H groups in total. The van der Waals surface area contributed by atoms with Crippen LogP contribution in [0.2, 0.25) is 0 Å². The van der Waals surface area contributed by atoms with Crippen LogP contribution in [0.3, 0.4) is 0 Å².